The van der Waals surface area contributed by atoms with Crippen molar-refractivity contribution in [1.82, 2.24) is 20.2 Å². The van der Waals surface area contributed by atoms with Gasteiger partial charge in [0.25, 0.3) is 10.0 Å². The van der Waals surface area contributed by atoms with Crippen LogP contribution in [0.25, 0.3) is 11.0 Å². The molecule has 0 radical (unpaired) electrons. The highest BCUT2D eigenvalue weighted by Gasteiger charge is 2.33. The van der Waals surface area contributed by atoms with E-state index < -0.39 is 10.0 Å². The Labute approximate surface area is 192 Å². The summed E-state index contributed by atoms with van der Waals surface area (Å²) in [6.45, 7) is 4.41. The number of para-hydroxylation sites is 1. The van der Waals surface area contributed by atoms with Gasteiger partial charge in [-0.05, 0) is 41.7 Å². The van der Waals surface area contributed by atoms with Gasteiger partial charge in [0.1, 0.15) is 5.82 Å². The van der Waals surface area contributed by atoms with E-state index >= 15 is 0 Å². The van der Waals surface area contributed by atoms with Gasteiger partial charge in [-0.2, -0.15) is 15.1 Å². The molecule has 4 N–H and O–H groups in total. The van der Waals surface area contributed by atoms with Crippen molar-refractivity contribution in [1.29, 1.82) is 0 Å². The summed E-state index contributed by atoms with van der Waals surface area (Å²) < 4.78 is 28.9. The van der Waals surface area contributed by atoms with Gasteiger partial charge in [-0.1, -0.05) is 44.2 Å². The number of hydrogen-bond donors (Lipinski definition) is 3. The number of rotatable bonds is 5. The van der Waals surface area contributed by atoms with Crippen LogP contribution < -0.4 is 15.4 Å². The van der Waals surface area contributed by atoms with E-state index in [0.717, 1.165) is 11.1 Å². The molecule has 0 saturated heterocycles. The highest BCUT2D eigenvalue weighted by molar-refractivity contribution is 7.92. The quantitative estimate of drug-likeness (QED) is 0.414. The Morgan fingerprint density at radius 1 is 1.12 bits per heavy atom. The summed E-state index contributed by atoms with van der Waals surface area (Å²) >= 11 is 0. The first-order chi connectivity index (χ1) is 15.8. The zero-order valence-corrected chi connectivity index (χ0v) is 19.2. The monoisotopic (exact) mass is 463 g/mol. The van der Waals surface area contributed by atoms with Crippen molar-refractivity contribution in [2.45, 2.75) is 37.1 Å². The number of H-pyrrole nitrogens is 1. The SMILES string of the molecule is CC(C)c1ccc(S(=O)(=O)N2CC(Nc3nc(N)nc4[nH]ncc34)Cc3ccccc32)cc1. The van der Waals surface area contributed by atoms with Gasteiger partial charge < -0.3 is 11.1 Å². The van der Waals surface area contributed by atoms with E-state index in [4.69, 9.17) is 5.73 Å². The number of hydrogen-bond acceptors (Lipinski definition) is 7. The van der Waals surface area contributed by atoms with Crippen LogP contribution in [0.1, 0.15) is 30.9 Å². The summed E-state index contributed by atoms with van der Waals surface area (Å²) in [7, 11) is -3.77. The molecule has 1 aliphatic heterocycles. The second kappa shape index (κ2) is 8.04. The maximum Gasteiger partial charge on any atom is 0.264 e. The summed E-state index contributed by atoms with van der Waals surface area (Å²) in [6, 6.07) is 14.5. The highest BCUT2D eigenvalue weighted by atomic mass is 32.2. The van der Waals surface area contributed by atoms with Crippen molar-refractivity contribution in [2.24, 2.45) is 0 Å². The third-order valence-electron chi connectivity index (χ3n) is 5.92. The molecule has 9 nitrogen and oxygen atoms in total. The summed E-state index contributed by atoms with van der Waals surface area (Å²) in [5, 5.41) is 10.9. The van der Waals surface area contributed by atoms with Crippen LogP contribution in [0.15, 0.2) is 59.6 Å². The first-order valence-electron chi connectivity index (χ1n) is 10.8. The van der Waals surface area contributed by atoms with Crippen LogP contribution in [0, 0.1) is 0 Å². The first kappa shape index (κ1) is 21.2. The van der Waals surface area contributed by atoms with E-state index in [-0.39, 0.29) is 23.4 Å². The maximum atomic E-state index is 13.7. The Morgan fingerprint density at radius 3 is 2.64 bits per heavy atom. The summed E-state index contributed by atoms with van der Waals surface area (Å²) in [6.07, 6.45) is 2.26. The fourth-order valence-corrected chi connectivity index (χ4v) is 5.73. The molecule has 5 rings (SSSR count). The number of nitrogens with one attached hydrogen (secondary N) is 2. The molecule has 1 atom stereocenters. The summed E-state index contributed by atoms with van der Waals surface area (Å²) in [5.74, 6) is 0.959. The molecular formula is C23H25N7O2S. The molecule has 33 heavy (non-hydrogen) atoms. The molecule has 1 unspecified atom stereocenters. The Hall–Kier alpha value is -3.66. The number of nitrogens with zero attached hydrogens (tertiary/aromatic N) is 4. The van der Waals surface area contributed by atoms with Gasteiger partial charge in [-0.15, -0.1) is 0 Å². The molecular weight excluding hydrogens is 438 g/mol. The standard InChI is InChI=1S/C23H25N7O2S/c1-14(2)15-7-9-18(10-8-15)33(31,32)30-13-17(11-16-5-3-4-6-20(16)30)26-21-19-12-25-29-22(19)28-23(24)27-21/h3-10,12,14,17H,11,13H2,1-2H3,(H4,24,25,26,27,28,29). The molecule has 0 spiro atoms. The van der Waals surface area contributed by atoms with Crippen LogP contribution in [-0.2, 0) is 16.4 Å². The van der Waals surface area contributed by atoms with E-state index in [9.17, 15) is 8.42 Å². The van der Waals surface area contributed by atoms with Gasteiger partial charge in [-0.3, -0.25) is 9.40 Å². The van der Waals surface area contributed by atoms with Gasteiger partial charge >= 0.3 is 0 Å². The van der Waals surface area contributed by atoms with E-state index in [2.05, 4.69) is 39.3 Å². The van der Waals surface area contributed by atoms with Crippen molar-refractivity contribution in [3.8, 4) is 0 Å². The van der Waals surface area contributed by atoms with Gasteiger partial charge in [-0.25, -0.2) is 8.42 Å². The molecule has 0 fully saturated rings. The Kier molecular flexibility index (Phi) is 5.16. The van der Waals surface area contributed by atoms with Crippen molar-refractivity contribution in [3.63, 3.8) is 0 Å². The average Bonchev–Trinajstić information content (AvgIpc) is 3.27. The Balaban J connectivity index is 1.51. The minimum absolute atomic E-state index is 0.111. The molecule has 1 aliphatic rings. The highest BCUT2D eigenvalue weighted by Crippen LogP contribution is 2.33. The van der Waals surface area contributed by atoms with Crippen LogP contribution in [0.3, 0.4) is 0 Å². The van der Waals surface area contributed by atoms with E-state index in [1.807, 2.05) is 36.4 Å². The van der Waals surface area contributed by atoms with E-state index in [0.29, 0.717) is 34.9 Å². The van der Waals surface area contributed by atoms with Crippen molar-refractivity contribution >= 4 is 38.5 Å². The smallest absolute Gasteiger partial charge is 0.264 e. The lowest BCUT2D eigenvalue weighted by Crippen LogP contribution is -2.45. The van der Waals surface area contributed by atoms with Gasteiger partial charge in [0.2, 0.25) is 5.95 Å². The third kappa shape index (κ3) is 3.86. The summed E-state index contributed by atoms with van der Waals surface area (Å²) in [5.41, 5.74) is 9.11. The number of sulfonamides is 1. The minimum Gasteiger partial charge on any atom is -0.368 e. The zero-order chi connectivity index (χ0) is 23.2. The van der Waals surface area contributed by atoms with E-state index in [1.54, 1.807) is 18.3 Å². The molecule has 170 valence electrons. The molecule has 3 heterocycles. The number of nitrogens with two attached hydrogens (primary N) is 1. The number of anilines is 3. The fourth-order valence-electron chi connectivity index (χ4n) is 4.19. The summed E-state index contributed by atoms with van der Waals surface area (Å²) in [4.78, 5) is 8.73. The van der Waals surface area contributed by atoms with Crippen molar-refractivity contribution in [2.75, 3.05) is 21.9 Å². The van der Waals surface area contributed by atoms with Crippen molar-refractivity contribution < 1.29 is 8.42 Å². The lowest BCUT2D eigenvalue weighted by atomic mass is 9.99. The average molecular weight is 464 g/mol. The number of aromatic amines is 1. The molecule has 2 aromatic heterocycles. The van der Waals surface area contributed by atoms with Crippen molar-refractivity contribution in [3.05, 3.63) is 65.9 Å². The number of fused-ring (bicyclic) bond motifs is 2. The number of benzene rings is 2. The van der Waals surface area contributed by atoms with Gasteiger partial charge in [0, 0.05) is 0 Å². The predicted molar refractivity (Wildman–Crippen MR) is 129 cm³/mol. The fraction of sp³-hybridized carbons (Fsp3) is 0.261. The Bertz CT molecular complexity index is 1410. The molecule has 4 aromatic rings. The van der Waals surface area contributed by atoms with Crippen LogP contribution in [0.2, 0.25) is 0 Å². The minimum atomic E-state index is -3.77. The predicted octanol–water partition coefficient (Wildman–Crippen LogP) is 3.29. The second-order valence-corrected chi connectivity index (χ2v) is 10.4. The molecule has 0 aliphatic carbocycles. The van der Waals surface area contributed by atoms with Crippen LogP contribution >= 0.6 is 0 Å². The second-order valence-electron chi connectivity index (χ2n) is 8.50. The van der Waals surface area contributed by atoms with Crippen LogP contribution in [0.5, 0.6) is 0 Å². The lowest BCUT2D eigenvalue weighted by Gasteiger charge is -2.36. The normalized spacial score (nSPS) is 16.2. The largest absolute Gasteiger partial charge is 0.368 e. The number of aromatic nitrogens is 4. The number of nitrogen functional groups attached to an aromatic ring is 1. The first-order valence-corrected chi connectivity index (χ1v) is 12.2. The maximum absolute atomic E-state index is 13.7. The molecule has 10 heteroatoms. The van der Waals surface area contributed by atoms with Gasteiger partial charge in [0.05, 0.1) is 34.8 Å². The Morgan fingerprint density at radius 2 is 1.88 bits per heavy atom. The molecule has 2 aromatic carbocycles. The lowest BCUT2D eigenvalue weighted by molar-refractivity contribution is 0.580. The zero-order valence-electron chi connectivity index (χ0n) is 18.4. The van der Waals surface area contributed by atoms with Crippen LogP contribution in [0.4, 0.5) is 17.5 Å². The van der Waals surface area contributed by atoms with Crippen LogP contribution in [-0.4, -0.2) is 41.2 Å². The molecule has 0 saturated carbocycles. The topological polar surface area (TPSA) is 130 Å². The molecule has 0 bridgehead atoms. The third-order valence-corrected chi connectivity index (χ3v) is 7.71. The molecule has 0 amide bonds. The van der Waals surface area contributed by atoms with E-state index in [1.165, 1.54) is 4.31 Å². The van der Waals surface area contributed by atoms with Gasteiger partial charge in [0.15, 0.2) is 5.65 Å².